The molecule has 2 saturated heterocycles. The first kappa shape index (κ1) is 26.7. The number of pyridine rings is 1. The molecule has 2 N–H and O–H groups in total. The van der Waals surface area contributed by atoms with E-state index in [9.17, 15) is 14.4 Å². The Labute approximate surface area is 231 Å². The highest BCUT2D eigenvalue weighted by molar-refractivity contribution is 7.99. The molecule has 2 aromatic carbocycles. The highest BCUT2D eigenvalue weighted by Crippen LogP contribution is 2.35. The van der Waals surface area contributed by atoms with E-state index in [1.54, 1.807) is 31.3 Å². The number of hydrogen-bond acceptors (Lipinski definition) is 6. The summed E-state index contributed by atoms with van der Waals surface area (Å²) < 4.78 is 0. The van der Waals surface area contributed by atoms with Gasteiger partial charge < -0.3 is 15.3 Å². The minimum Gasteiger partial charge on any atom is -0.478 e. The van der Waals surface area contributed by atoms with Crippen LogP contribution in [0.15, 0.2) is 82.8 Å². The third kappa shape index (κ3) is 6.07. The molecular weight excluding hydrogens is 514 g/mol. The normalized spacial score (nSPS) is 18.4. The molecule has 0 aliphatic carbocycles. The van der Waals surface area contributed by atoms with Crippen LogP contribution < -0.4 is 5.32 Å². The fourth-order valence-corrected chi connectivity index (χ4v) is 5.99. The highest BCUT2D eigenvalue weighted by Gasteiger charge is 2.45. The Hall–Kier alpha value is -3.89. The van der Waals surface area contributed by atoms with Gasteiger partial charge in [0.15, 0.2) is 0 Å². The number of carboxylic acids is 1. The molecule has 202 valence electrons. The summed E-state index contributed by atoms with van der Waals surface area (Å²) in [5, 5.41) is 12.5. The molecule has 1 atom stereocenters. The van der Waals surface area contributed by atoms with Crippen molar-refractivity contribution in [2.24, 2.45) is 0 Å². The Balaban J connectivity index is 1.18. The van der Waals surface area contributed by atoms with E-state index in [1.807, 2.05) is 47.5 Å². The molecule has 9 nitrogen and oxygen atoms in total. The number of urea groups is 2. The standard InChI is InChI=1S/C29H31N5O4S/c1-30-28(37)33-19-25(21-5-3-2-4-6-21)34(29(33)38)23-13-15-32(16-14-23)18-20-7-12-26(31-17-20)39-24-10-8-22(9-11-24)27(35)36/h2-12,17,23,25H,13-16,18-19H2,1H3,(H,30,37)(H,35,36). The molecule has 39 heavy (non-hydrogen) atoms. The number of nitrogens with zero attached hydrogens (tertiary/aromatic N) is 4. The van der Waals surface area contributed by atoms with Crippen molar-refractivity contribution in [3.8, 4) is 0 Å². The van der Waals surface area contributed by atoms with Gasteiger partial charge in [0.25, 0.3) is 0 Å². The Morgan fingerprint density at radius 1 is 1.03 bits per heavy atom. The van der Waals surface area contributed by atoms with Gasteiger partial charge in [0.2, 0.25) is 0 Å². The van der Waals surface area contributed by atoms with Gasteiger partial charge in [-0.3, -0.25) is 4.90 Å². The number of likely N-dealkylation sites (tertiary alicyclic amines) is 1. The maximum Gasteiger partial charge on any atom is 0.335 e. The zero-order valence-electron chi connectivity index (χ0n) is 21.7. The van der Waals surface area contributed by atoms with Gasteiger partial charge in [0.05, 0.1) is 18.2 Å². The van der Waals surface area contributed by atoms with Crippen molar-refractivity contribution in [1.82, 2.24) is 25.0 Å². The summed E-state index contributed by atoms with van der Waals surface area (Å²) in [7, 11) is 1.55. The number of carbonyl (C=O) groups is 3. The molecule has 0 bridgehead atoms. The van der Waals surface area contributed by atoms with E-state index in [0.29, 0.717) is 6.54 Å². The highest BCUT2D eigenvalue weighted by atomic mass is 32.2. The quantitative estimate of drug-likeness (QED) is 0.443. The summed E-state index contributed by atoms with van der Waals surface area (Å²) in [5.74, 6) is -0.938. The Morgan fingerprint density at radius 2 is 1.74 bits per heavy atom. The molecule has 0 saturated carbocycles. The van der Waals surface area contributed by atoms with Crippen LogP contribution in [0.3, 0.4) is 0 Å². The predicted molar refractivity (Wildman–Crippen MR) is 148 cm³/mol. The number of hydrogen-bond donors (Lipinski definition) is 2. The van der Waals surface area contributed by atoms with Crippen molar-refractivity contribution in [3.05, 3.63) is 89.6 Å². The van der Waals surface area contributed by atoms with Crippen LogP contribution in [-0.2, 0) is 6.54 Å². The minimum atomic E-state index is -0.938. The molecule has 1 unspecified atom stereocenters. The average molecular weight is 546 g/mol. The van der Waals surface area contributed by atoms with Crippen LogP contribution in [0, 0.1) is 0 Å². The van der Waals surface area contributed by atoms with E-state index in [0.717, 1.165) is 53.5 Å². The van der Waals surface area contributed by atoms with Crippen molar-refractivity contribution < 1.29 is 19.5 Å². The molecule has 5 rings (SSSR count). The fourth-order valence-electron chi connectivity index (χ4n) is 5.23. The van der Waals surface area contributed by atoms with Crippen LogP contribution in [0.1, 0.15) is 40.4 Å². The zero-order valence-corrected chi connectivity index (χ0v) is 22.5. The summed E-state index contributed by atoms with van der Waals surface area (Å²) >= 11 is 1.49. The first-order valence-electron chi connectivity index (χ1n) is 13.0. The third-order valence-corrected chi connectivity index (χ3v) is 8.22. The van der Waals surface area contributed by atoms with E-state index in [1.165, 1.54) is 16.7 Å². The lowest BCUT2D eigenvalue weighted by molar-refractivity contribution is 0.0696. The lowest BCUT2D eigenvalue weighted by Crippen LogP contribution is -2.48. The van der Waals surface area contributed by atoms with E-state index in [4.69, 9.17) is 5.11 Å². The van der Waals surface area contributed by atoms with Gasteiger partial charge >= 0.3 is 18.0 Å². The summed E-state index contributed by atoms with van der Waals surface area (Å²) in [4.78, 5) is 47.9. The number of carbonyl (C=O) groups excluding carboxylic acids is 2. The molecule has 0 spiro atoms. The maximum absolute atomic E-state index is 13.3. The molecule has 2 aliphatic heterocycles. The van der Waals surface area contributed by atoms with E-state index >= 15 is 0 Å². The zero-order chi connectivity index (χ0) is 27.4. The Kier molecular flexibility index (Phi) is 8.13. The molecule has 3 heterocycles. The first-order chi connectivity index (χ1) is 18.9. The van der Waals surface area contributed by atoms with Crippen molar-refractivity contribution in [3.63, 3.8) is 0 Å². The smallest absolute Gasteiger partial charge is 0.335 e. The molecule has 2 aliphatic rings. The molecule has 3 aromatic rings. The van der Waals surface area contributed by atoms with Crippen molar-refractivity contribution >= 4 is 29.8 Å². The minimum absolute atomic E-state index is 0.0676. The van der Waals surface area contributed by atoms with Crippen LogP contribution in [0.25, 0.3) is 0 Å². The largest absolute Gasteiger partial charge is 0.478 e. The fraction of sp³-hybridized carbons (Fsp3) is 0.310. The first-order valence-corrected chi connectivity index (χ1v) is 13.8. The van der Waals surface area contributed by atoms with Gasteiger partial charge in [-0.15, -0.1) is 0 Å². The van der Waals surface area contributed by atoms with E-state index in [-0.39, 0.29) is 29.7 Å². The van der Waals surface area contributed by atoms with Gasteiger partial charge in [-0.05, 0) is 54.3 Å². The van der Waals surface area contributed by atoms with Crippen LogP contribution in [-0.4, -0.2) is 75.5 Å². The number of carboxylic acid groups (broad SMARTS) is 1. The summed E-state index contributed by atoms with van der Waals surface area (Å²) in [6.45, 7) is 2.82. The topological polar surface area (TPSA) is 106 Å². The van der Waals surface area contributed by atoms with Crippen LogP contribution in [0.2, 0.25) is 0 Å². The second-order valence-corrected chi connectivity index (χ2v) is 10.8. The number of nitrogens with one attached hydrogen (secondary N) is 1. The van der Waals surface area contributed by atoms with Crippen molar-refractivity contribution in [1.29, 1.82) is 0 Å². The number of benzene rings is 2. The second kappa shape index (κ2) is 11.9. The third-order valence-electron chi connectivity index (χ3n) is 7.26. The lowest BCUT2D eigenvalue weighted by Gasteiger charge is -2.38. The van der Waals surface area contributed by atoms with Gasteiger partial charge in [-0.1, -0.05) is 48.2 Å². The van der Waals surface area contributed by atoms with Crippen LogP contribution >= 0.6 is 11.8 Å². The average Bonchev–Trinajstić information content (AvgIpc) is 3.31. The number of aromatic carboxylic acids is 1. The van der Waals surface area contributed by atoms with Crippen LogP contribution in [0.5, 0.6) is 0 Å². The molecule has 0 radical (unpaired) electrons. The lowest BCUT2D eigenvalue weighted by atomic mass is 9.99. The van der Waals surface area contributed by atoms with Crippen LogP contribution in [0.4, 0.5) is 9.59 Å². The predicted octanol–water partition coefficient (Wildman–Crippen LogP) is 4.71. The van der Waals surface area contributed by atoms with Gasteiger partial charge in [0, 0.05) is 43.8 Å². The number of rotatable bonds is 7. The number of imide groups is 1. The Bertz CT molecular complexity index is 1310. The summed E-state index contributed by atoms with van der Waals surface area (Å²) in [6, 6.07) is 20.1. The molecule has 1 aromatic heterocycles. The van der Waals surface area contributed by atoms with Gasteiger partial charge in [-0.25, -0.2) is 24.3 Å². The second-order valence-electron chi connectivity index (χ2n) is 9.73. The maximum atomic E-state index is 13.3. The molecular formula is C29H31N5O4S. The monoisotopic (exact) mass is 545 g/mol. The van der Waals surface area contributed by atoms with Gasteiger partial charge in [-0.2, -0.15) is 0 Å². The number of amides is 4. The molecule has 2 fully saturated rings. The van der Waals surface area contributed by atoms with Gasteiger partial charge in [0.1, 0.15) is 5.03 Å². The van der Waals surface area contributed by atoms with E-state index in [2.05, 4.69) is 21.3 Å². The SMILES string of the molecule is CNC(=O)N1CC(c2ccccc2)N(C2CCN(Cc3ccc(Sc4ccc(C(=O)O)cc4)nc3)CC2)C1=O. The summed E-state index contributed by atoms with van der Waals surface area (Å²) in [6.07, 6.45) is 3.56. The number of aromatic nitrogens is 1. The Morgan fingerprint density at radius 3 is 2.36 bits per heavy atom. The molecule has 10 heteroatoms. The van der Waals surface area contributed by atoms with E-state index < -0.39 is 5.97 Å². The van der Waals surface area contributed by atoms with Crippen molar-refractivity contribution in [2.45, 2.75) is 41.4 Å². The van der Waals surface area contributed by atoms with Crippen molar-refractivity contribution in [2.75, 3.05) is 26.7 Å². The summed E-state index contributed by atoms with van der Waals surface area (Å²) in [5.41, 5.74) is 2.42. The molecule has 4 amide bonds. The number of piperidine rings is 1.